The number of carbonyl (C=O) groups is 1. The summed E-state index contributed by atoms with van der Waals surface area (Å²) in [5.74, 6) is -1.36. The van der Waals surface area contributed by atoms with Crippen molar-refractivity contribution in [2.75, 3.05) is 13.7 Å². The summed E-state index contributed by atoms with van der Waals surface area (Å²) in [7, 11) is 1.43. The van der Waals surface area contributed by atoms with Crippen molar-refractivity contribution in [3.8, 4) is 5.75 Å². The maximum atomic E-state index is 13.6. The summed E-state index contributed by atoms with van der Waals surface area (Å²) >= 11 is 0. The molecule has 1 heterocycles. The van der Waals surface area contributed by atoms with Crippen molar-refractivity contribution in [3.63, 3.8) is 0 Å². The number of hydrogen-bond donors (Lipinski definition) is 0. The van der Waals surface area contributed by atoms with Gasteiger partial charge in [-0.15, -0.1) is 0 Å². The van der Waals surface area contributed by atoms with Crippen LogP contribution < -0.4 is 4.74 Å². The van der Waals surface area contributed by atoms with Crippen LogP contribution in [0.3, 0.4) is 0 Å². The van der Waals surface area contributed by atoms with E-state index in [1.165, 1.54) is 38.3 Å². The number of alkyl halides is 3. The Morgan fingerprint density at radius 2 is 1.96 bits per heavy atom. The first-order valence-corrected chi connectivity index (χ1v) is 7.05. The van der Waals surface area contributed by atoms with E-state index in [9.17, 15) is 18.0 Å². The summed E-state index contributed by atoms with van der Waals surface area (Å²) in [6.07, 6.45) is -3.67. The molecule has 126 valence electrons. The van der Waals surface area contributed by atoms with Gasteiger partial charge in [-0.3, -0.25) is 0 Å². The zero-order valence-corrected chi connectivity index (χ0v) is 12.9. The summed E-state index contributed by atoms with van der Waals surface area (Å²) in [6, 6.07) is 5.49. The lowest BCUT2D eigenvalue weighted by Crippen LogP contribution is -2.58. The van der Waals surface area contributed by atoms with Crippen LogP contribution in [0.1, 0.15) is 19.4 Å². The van der Waals surface area contributed by atoms with E-state index in [1.54, 1.807) is 6.92 Å². The molecule has 2 atom stereocenters. The second-order valence-electron chi connectivity index (χ2n) is 5.08. The van der Waals surface area contributed by atoms with Crippen LogP contribution in [0.2, 0.25) is 0 Å². The van der Waals surface area contributed by atoms with Crippen molar-refractivity contribution >= 4 is 5.97 Å². The molecule has 23 heavy (non-hydrogen) atoms. The van der Waals surface area contributed by atoms with Crippen LogP contribution in [-0.4, -0.2) is 25.9 Å². The van der Waals surface area contributed by atoms with Crippen LogP contribution in [0.5, 0.6) is 5.75 Å². The maximum Gasteiger partial charge on any atom is 0.433 e. The molecule has 0 aliphatic carbocycles. The molecule has 0 radical (unpaired) electrons. The van der Waals surface area contributed by atoms with E-state index in [4.69, 9.17) is 14.2 Å². The van der Waals surface area contributed by atoms with Crippen molar-refractivity contribution < 1.29 is 32.2 Å². The van der Waals surface area contributed by atoms with Gasteiger partial charge < -0.3 is 14.2 Å². The number of halogens is 3. The molecule has 1 aromatic carbocycles. The highest BCUT2D eigenvalue weighted by Crippen LogP contribution is 2.58. The molecule has 1 aromatic rings. The Morgan fingerprint density at radius 1 is 1.35 bits per heavy atom. The van der Waals surface area contributed by atoms with Crippen molar-refractivity contribution in [1.29, 1.82) is 0 Å². The maximum absolute atomic E-state index is 13.6. The van der Waals surface area contributed by atoms with Crippen molar-refractivity contribution in [1.82, 2.24) is 0 Å². The number of methoxy groups -OCH3 is 1. The van der Waals surface area contributed by atoms with Crippen molar-refractivity contribution in [2.45, 2.75) is 25.6 Å². The quantitative estimate of drug-likeness (QED) is 0.625. The highest BCUT2D eigenvalue weighted by atomic mass is 19.4. The largest absolute Gasteiger partial charge is 0.497 e. The highest BCUT2D eigenvalue weighted by molar-refractivity contribution is 5.82. The molecule has 4 nitrogen and oxygen atoms in total. The summed E-state index contributed by atoms with van der Waals surface area (Å²) in [5.41, 5.74) is -2.52. The van der Waals surface area contributed by atoms with E-state index in [2.05, 4.69) is 0 Å². The van der Waals surface area contributed by atoms with Crippen molar-refractivity contribution in [2.24, 2.45) is 5.92 Å². The van der Waals surface area contributed by atoms with Crippen LogP contribution in [0.15, 0.2) is 36.1 Å². The third kappa shape index (κ3) is 2.87. The second-order valence-corrected chi connectivity index (χ2v) is 5.08. The molecule has 1 saturated heterocycles. The fourth-order valence-electron chi connectivity index (χ4n) is 2.57. The minimum atomic E-state index is -4.63. The average Bonchev–Trinajstić information content (AvgIpc) is 2.50. The van der Waals surface area contributed by atoms with Crippen molar-refractivity contribution in [3.05, 3.63) is 41.7 Å². The molecular formula is C16H17F3O4. The molecule has 0 bridgehead atoms. The Hall–Kier alpha value is -2.18. The van der Waals surface area contributed by atoms with Gasteiger partial charge in [0.2, 0.25) is 5.60 Å². The number of rotatable bonds is 4. The van der Waals surface area contributed by atoms with Gasteiger partial charge in [-0.05, 0) is 19.1 Å². The molecule has 0 saturated carbocycles. The predicted molar refractivity (Wildman–Crippen MR) is 75.7 cm³/mol. The minimum Gasteiger partial charge on any atom is -0.497 e. The molecule has 1 fully saturated rings. The smallest absolute Gasteiger partial charge is 0.433 e. The first-order valence-electron chi connectivity index (χ1n) is 7.05. The van der Waals surface area contributed by atoms with Gasteiger partial charge in [0.15, 0.2) is 0 Å². The third-order valence-corrected chi connectivity index (χ3v) is 3.80. The van der Waals surface area contributed by atoms with E-state index in [0.29, 0.717) is 5.75 Å². The average molecular weight is 330 g/mol. The van der Waals surface area contributed by atoms with Gasteiger partial charge >= 0.3 is 12.1 Å². The lowest BCUT2D eigenvalue weighted by Gasteiger charge is -2.50. The molecule has 0 N–H and O–H groups in total. The van der Waals surface area contributed by atoms with Gasteiger partial charge in [0.1, 0.15) is 11.5 Å². The Kier molecular flexibility index (Phi) is 4.58. The summed E-state index contributed by atoms with van der Waals surface area (Å²) < 4.78 is 55.6. The molecule has 1 aliphatic rings. The SMILES string of the molecule is CCOC(=O)/C=C1\OC(c2ccc(OC)cc2)(C(F)(F)F)[C@H]1C. The number of benzene rings is 1. The number of carbonyl (C=O) groups excluding carboxylic acids is 1. The highest BCUT2D eigenvalue weighted by Gasteiger charge is 2.69. The fourth-order valence-corrected chi connectivity index (χ4v) is 2.57. The minimum absolute atomic E-state index is 0.0423. The topological polar surface area (TPSA) is 44.8 Å². The lowest BCUT2D eigenvalue weighted by atomic mass is 9.75. The van der Waals surface area contributed by atoms with E-state index in [0.717, 1.165) is 6.08 Å². The van der Waals surface area contributed by atoms with Gasteiger partial charge in [0, 0.05) is 5.56 Å². The first kappa shape index (κ1) is 17.2. The van der Waals surface area contributed by atoms with Crippen LogP contribution in [-0.2, 0) is 19.9 Å². The Bertz CT molecular complexity index is 607. The van der Waals surface area contributed by atoms with E-state index in [-0.39, 0.29) is 17.9 Å². The number of ether oxygens (including phenoxy) is 3. The summed E-state index contributed by atoms with van der Waals surface area (Å²) in [6.45, 7) is 3.12. The van der Waals surface area contributed by atoms with Crippen LogP contribution in [0.4, 0.5) is 13.2 Å². The van der Waals surface area contributed by atoms with E-state index >= 15 is 0 Å². The Balaban J connectivity index is 2.35. The standard InChI is InChI=1S/C16H17F3O4/c1-4-22-14(20)9-13-10(2)15(23-13,16(17,18)19)11-5-7-12(21-3)8-6-11/h5-10H,4H2,1-3H3/b13-9-/t10-,15?/m0/s1. The zero-order chi connectivity index (χ0) is 17.3. The van der Waals surface area contributed by atoms with Gasteiger partial charge in [-0.1, -0.05) is 19.1 Å². The Morgan fingerprint density at radius 3 is 2.39 bits per heavy atom. The van der Waals surface area contributed by atoms with Gasteiger partial charge in [-0.2, -0.15) is 13.2 Å². The third-order valence-electron chi connectivity index (χ3n) is 3.80. The summed E-state index contributed by atoms with van der Waals surface area (Å²) in [5, 5.41) is 0. The van der Waals surface area contributed by atoms with Gasteiger partial charge in [0.05, 0.1) is 25.7 Å². The lowest BCUT2D eigenvalue weighted by molar-refractivity contribution is -0.332. The van der Waals surface area contributed by atoms with E-state index in [1.807, 2.05) is 0 Å². The first-order chi connectivity index (χ1) is 10.8. The van der Waals surface area contributed by atoms with Crippen LogP contribution in [0.25, 0.3) is 0 Å². The molecule has 0 spiro atoms. The molecule has 1 unspecified atom stereocenters. The number of esters is 1. The van der Waals surface area contributed by atoms with E-state index < -0.39 is 23.7 Å². The monoisotopic (exact) mass is 330 g/mol. The molecule has 1 aliphatic heterocycles. The number of hydrogen-bond acceptors (Lipinski definition) is 4. The molecule has 7 heteroatoms. The van der Waals surface area contributed by atoms with Crippen LogP contribution >= 0.6 is 0 Å². The molecule has 0 amide bonds. The predicted octanol–water partition coefficient (Wildman–Crippen LogP) is 3.57. The van der Waals surface area contributed by atoms with Gasteiger partial charge in [-0.25, -0.2) is 4.79 Å². The zero-order valence-electron chi connectivity index (χ0n) is 12.9. The molecular weight excluding hydrogens is 313 g/mol. The van der Waals surface area contributed by atoms with Gasteiger partial charge in [0.25, 0.3) is 0 Å². The second kappa shape index (κ2) is 6.14. The fraction of sp³-hybridized carbons (Fsp3) is 0.438. The van der Waals surface area contributed by atoms with Crippen LogP contribution in [0, 0.1) is 5.92 Å². The Labute approximate surface area is 131 Å². The summed E-state index contributed by atoms with van der Waals surface area (Å²) in [4.78, 5) is 11.4. The molecule has 2 rings (SSSR count). The normalized spacial score (nSPS) is 25.5. The molecule has 0 aromatic heterocycles.